The Morgan fingerprint density at radius 2 is 0.818 bits per heavy atom. The lowest BCUT2D eigenvalue weighted by molar-refractivity contribution is 1.14. The quantitative estimate of drug-likeness (QED) is 0.163. The van der Waals surface area contributed by atoms with E-state index in [1.54, 1.807) is 0 Å². The summed E-state index contributed by atoms with van der Waals surface area (Å²) < 4.78 is 9.10. The molecule has 0 radical (unpaired) electrons. The highest BCUT2D eigenvalue weighted by Crippen LogP contribution is 2.46. The van der Waals surface area contributed by atoms with Gasteiger partial charge >= 0.3 is 0 Å². The van der Waals surface area contributed by atoms with Gasteiger partial charge in [0.1, 0.15) is 6.07 Å². The molecule has 0 bridgehead atoms. The van der Waals surface area contributed by atoms with Crippen molar-refractivity contribution in [1.29, 1.82) is 5.26 Å². The van der Waals surface area contributed by atoms with Crippen molar-refractivity contribution in [3.8, 4) is 28.8 Å². The molecule has 10 aromatic carbocycles. The number of fused-ring (bicyclic) bond motifs is 15. The summed E-state index contributed by atoms with van der Waals surface area (Å²) in [4.78, 5) is 4.24. The molecule has 0 aliphatic heterocycles. The summed E-state index contributed by atoms with van der Waals surface area (Å²) in [6.07, 6.45) is 0. The van der Waals surface area contributed by atoms with Crippen molar-refractivity contribution in [2.75, 3.05) is 0 Å². The molecule has 0 unspecified atom stereocenters. The maximum atomic E-state index is 11.3. The summed E-state index contributed by atoms with van der Waals surface area (Å²) in [6, 6.07) is 75.1. The van der Waals surface area contributed by atoms with Crippen molar-refractivity contribution in [3.05, 3.63) is 223 Å². The molecular weight excluding hydrogens is 805 g/mol. The number of hydrogen-bond acceptors (Lipinski definition) is 1. The zero-order valence-electron chi connectivity index (χ0n) is 35.3. The molecule has 4 aromatic heterocycles. The zero-order valence-corrected chi connectivity index (χ0v) is 35.3. The lowest BCUT2D eigenvalue weighted by atomic mass is 10.0. The zero-order chi connectivity index (χ0) is 43.6. The summed E-state index contributed by atoms with van der Waals surface area (Å²) in [6.45, 7) is 8.75. The van der Waals surface area contributed by atoms with Crippen LogP contribution in [0.4, 0.5) is 5.69 Å². The maximum absolute atomic E-state index is 11.3. The Balaban J connectivity index is 1.11. The second kappa shape index (κ2) is 13.6. The first-order valence-corrected chi connectivity index (χ1v) is 22.1. The summed E-state index contributed by atoms with van der Waals surface area (Å²) in [5.41, 5.74) is 12.7. The molecular formula is C60H34N6. The molecule has 304 valence electrons. The summed E-state index contributed by atoms with van der Waals surface area (Å²) >= 11 is 0. The molecule has 14 rings (SSSR count). The Labute approximate surface area is 377 Å². The molecule has 0 aliphatic carbocycles. The van der Waals surface area contributed by atoms with Crippen molar-refractivity contribution in [1.82, 2.24) is 18.3 Å². The third-order valence-corrected chi connectivity index (χ3v) is 13.8. The van der Waals surface area contributed by atoms with Crippen LogP contribution in [-0.2, 0) is 0 Å². The van der Waals surface area contributed by atoms with E-state index in [1.807, 2.05) is 18.2 Å². The van der Waals surface area contributed by atoms with E-state index in [-0.39, 0.29) is 0 Å². The van der Waals surface area contributed by atoms with Crippen LogP contribution in [0.15, 0.2) is 206 Å². The minimum atomic E-state index is 0.457. The van der Waals surface area contributed by atoms with Gasteiger partial charge in [0.2, 0.25) is 5.69 Å². The smallest absolute Gasteiger partial charge is 0.212 e. The van der Waals surface area contributed by atoms with Crippen LogP contribution in [0.3, 0.4) is 0 Å². The van der Waals surface area contributed by atoms with E-state index in [0.29, 0.717) is 22.6 Å². The van der Waals surface area contributed by atoms with Gasteiger partial charge in [-0.2, -0.15) is 5.26 Å². The van der Waals surface area contributed by atoms with Crippen LogP contribution in [0, 0.1) is 17.9 Å². The van der Waals surface area contributed by atoms with Crippen molar-refractivity contribution in [2.24, 2.45) is 0 Å². The number of para-hydroxylation sites is 5. The highest BCUT2D eigenvalue weighted by atomic mass is 15.0. The summed E-state index contributed by atoms with van der Waals surface area (Å²) in [5.74, 6) is 0. The van der Waals surface area contributed by atoms with Crippen LogP contribution >= 0.6 is 0 Å². The minimum absolute atomic E-state index is 0.457. The molecule has 14 aromatic rings. The summed E-state index contributed by atoms with van der Waals surface area (Å²) in [7, 11) is 0. The van der Waals surface area contributed by atoms with E-state index >= 15 is 0 Å². The van der Waals surface area contributed by atoms with E-state index in [9.17, 15) is 5.26 Å². The molecule has 6 heteroatoms. The molecule has 66 heavy (non-hydrogen) atoms. The predicted octanol–water partition coefficient (Wildman–Crippen LogP) is 15.7. The molecule has 0 atom stereocenters. The van der Waals surface area contributed by atoms with Crippen LogP contribution in [-0.4, -0.2) is 18.3 Å². The van der Waals surface area contributed by atoms with Gasteiger partial charge in [-0.05, 0) is 95.7 Å². The third kappa shape index (κ3) is 4.82. The SMILES string of the molecule is [C-]#[N+]c1cc(-n2c3ccc(-n4c5ccccc5c5ccccc54)cc3c3c4c5ccccc5n(-c5ccccc5)c4ccc32)c(C#N)cc1-n1c2ccccc2c2c3ccccc3ccc21. The van der Waals surface area contributed by atoms with E-state index in [0.717, 1.165) is 98.6 Å². The van der Waals surface area contributed by atoms with Crippen LogP contribution in [0.1, 0.15) is 5.56 Å². The molecule has 0 amide bonds. The first-order valence-electron chi connectivity index (χ1n) is 22.1. The van der Waals surface area contributed by atoms with Gasteiger partial charge in [0.15, 0.2) is 0 Å². The molecule has 0 aliphatic rings. The van der Waals surface area contributed by atoms with Gasteiger partial charge in [0.05, 0.1) is 67.6 Å². The number of rotatable bonds is 4. The third-order valence-electron chi connectivity index (χ3n) is 13.8. The van der Waals surface area contributed by atoms with E-state index in [2.05, 4.69) is 217 Å². The van der Waals surface area contributed by atoms with E-state index in [1.165, 1.54) is 10.8 Å². The Kier molecular flexibility index (Phi) is 7.43. The lowest BCUT2D eigenvalue weighted by Crippen LogP contribution is -2.02. The van der Waals surface area contributed by atoms with Crippen LogP contribution in [0.2, 0.25) is 0 Å². The van der Waals surface area contributed by atoms with Crippen LogP contribution in [0.5, 0.6) is 0 Å². The van der Waals surface area contributed by atoms with Crippen molar-refractivity contribution >= 4 is 104 Å². The molecule has 0 spiro atoms. The Morgan fingerprint density at radius 1 is 0.348 bits per heavy atom. The second-order valence-electron chi connectivity index (χ2n) is 17.1. The standard InChI is InChI=1S/C60H34N6/c1-62-47-35-56(38(36-61)33-57(47)66-51-26-14-9-21-44(51)58-41-18-6-5-15-37(41)27-29-53(58)66)65-52-30-28-40(64-48-23-11-7-19-42(48)43-20-8-12-24-49(43)64)34-46(52)60-55(65)32-31-54-59(60)45-22-10-13-25-50(45)63(54)39-16-3-2-4-17-39/h2-35H. The van der Waals surface area contributed by atoms with Gasteiger partial charge in [-0.15, -0.1) is 0 Å². The minimum Gasteiger partial charge on any atom is -0.319 e. The number of nitriles is 1. The summed E-state index contributed by atoms with van der Waals surface area (Å²) in [5, 5.41) is 22.6. The number of hydrogen-bond donors (Lipinski definition) is 0. The van der Waals surface area contributed by atoms with Gasteiger partial charge in [-0.1, -0.05) is 121 Å². The first kappa shape index (κ1) is 36.2. The second-order valence-corrected chi connectivity index (χ2v) is 17.1. The fourth-order valence-electron chi connectivity index (χ4n) is 11.1. The molecule has 0 N–H and O–H groups in total. The van der Waals surface area contributed by atoms with E-state index < -0.39 is 0 Å². The topological polar surface area (TPSA) is 47.9 Å². The molecule has 6 nitrogen and oxygen atoms in total. The monoisotopic (exact) mass is 838 g/mol. The Bertz CT molecular complexity index is 4430. The molecule has 4 heterocycles. The highest BCUT2D eigenvalue weighted by molar-refractivity contribution is 6.29. The molecule has 0 saturated heterocycles. The highest BCUT2D eigenvalue weighted by Gasteiger charge is 2.25. The Morgan fingerprint density at radius 3 is 1.50 bits per heavy atom. The fraction of sp³-hybridized carbons (Fsp3) is 0. The molecule has 0 saturated carbocycles. The Hall–Kier alpha value is -9.36. The van der Waals surface area contributed by atoms with Gasteiger partial charge in [-0.3, -0.25) is 0 Å². The maximum Gasteiger partial charge on any atom is 0.212 e. The van der Waals surface area contributed by atoms with Gasteiger partial charge in [0, 0.05) is 54.5 Å². The van der Waals surface area contributed by atoms with Gasteiger partial charge in [-0.25, -0.2) is 4.85 Å². The van der Waals surface area contributed by atoms with Crippen molar-refractivity contribution in [2.45, 2.75) is 0 Å². The number of nitrogens with zero attached hydrogens (tertiary/aromatic N) is 6. The average molecular weight is 839 g/mol. The normalized spacial score (nSPS) is 11.9. The van der Waals surface area contributed by atoms with Gasteiger partial charge < -0.3 is 18.3 Å². The van der Waals surface area contributed by atoms with Crippen LogP contribution < -0.4 is 0 Å². The van der Waals surface area contributed by atoms with Gasteiger partial charge in [0.25, 0.3) is 0 Å². The van der Waals surface area contributed by atoms with E-state index in [4.69, 9.17) is 6.57 Å². The van der Waals surface area contributed by atoms with Crippen molar-refractivity contribution in [3.63, 3.8) is 0 Å². The fourth-order valence-corrected chi connectivity index (χ4v) is 11.1. The number of aromatic nitrogens is 4. The lowest BCUT2D eigenvalue weighted by Gasteiger charge is -2.16. The first-order chi connectivity index (χ1) is 32.7. The molecule has 0 fully saturated rings. The van der Waals surface area contributed by atoms with Crippen molar-refractivity contribution < 1.29 is 0 Å². The largest absolute Gasteiger partial charge is 0.319 e. The average Bonchev–Trinajstić information content (AvgIpc) is 4.11. The predicted molar refractivity (Wildman–Crippen MR) is 272 cm³/mol. The number of benzene rings is 10. The van der Waals surface area contributed by atoms with Crippen LogP contribution in [0.25, 0.3) is 126 Å².